The number of hydrogen-bond donors (Lipinski definition) is 0. The fourth-order valence-electron chi connectivity index (χ4n) is 2.87. The minimum atomic E-state index is 0.454. The van der Waals surface area contributed by atoms with Crippen LogP contribution in [-0.2, 0) is 0 Å². The molecule has 1 rings (SSSR count). The molecule has 0 bridgehead atoms. The van der Waals surface area contributed by atoms with Gasteiger partial charge in [0.15, 0.2) is 0 Å². The van der Waals surface area contributed by atoms with Crippen LogP contribution in [0.2, 0.25) is 0 Å². The molecule has 13 heavy (non-hydrogen) atoms. The normalized spacial score (nSPS) is 27.6. The Morgan fingerprint density at radius 2 is 1.92 bits per heavy atom. The highest BCUT2D eigenvalue weighted by Gasteiger charge is 2.31. The molecule has 1 fully saturated rings. The van der Waals surface area contributed by atoms with Crippen molar-refractivity contribution in [1.29, 1.82) is 0 Å². The van der Waals surface area contributed by atoms with Crippen molar-refractivity contribution in [3.05, 3.63) is 23.3 Å². The van der Waals surface area contributed by atoms with Crippen LogP contribution in [0, 0.1) is 11.3 Å². The summed E-state index contributed by atoms with van der Waals surface area (Å²) >= 11 is 0. The summed E-state index contributed by atoms with van der Waals surface area (Å²) in [4.78, 5) is 0. The fourth-order valence-corrected chi connectivity index (χ4v) is 2.87. The van der Waals surface area contributed by atoms with Gasteiger partial charge in [-0.25, -0.2) is 0 Å². The van der Waals surface area contributed by atoms with Gasteiger partial charge in [-0.05, 0) is 43.6 Å². The van der Waals surface area contributed by atoms with E-state index in [9.17, 15) is 0 Å². The van der Waals surface area contributed by atoms with E-state index in [0.29, 0.717) is 11.3 Å². The summed E-state index contributed by atoms with van der Waals surface area (Å²) in [5, 5.41) is 0. The van der Waals surface area contributed by atoms with Gasteiger partial charge in [0.2, 0.25) is 0 Å². The zero-order valence-corrected chi connectivity index (χ0v) is 9.70. The lowest BCUT2D eigenvalue weighted by Gasteiger charge is -2.37. The first-order valence-electron chi connectivity index (χ1n) is 5.19. The number of rotatable bonds is 0. The second-order valence-electron chi connectivity index (χ2n) is 5.46. The van der Waals surface area contributed by atoms with Gasteiger partial charge in [-0.15, -0.1) is 0 Å². The molecule has 1 saturated carbocycles. The third-order valence-electron chi connectivity index (χ3n) is 2.96. The lowest BCUT2D eigenvalue weighted by Crippen LogP contribution is -2.24. The summed E-state index contributed by atoms with van der Waals surface area (Å²) in [6.07, 6.45) is 2.46. The molecule has 1 unspecified atom stereocenters. The third-order valence-corrected chi connectivity index (χ3v) is 2.96. The minimum absolute atomic E-state index is 0.454. The van der Waals surface area contributed by atoms with Crippen LogP contribution in [0.25, 0.3) is 0 Å². The van der Waals surface area contributed by atoms with E-state index < -0.39 is 0 Å². The van der Waals surface area contributed by atoms with Crippen molar-refractivity contribution in [1.82, 2.24) is 0 Å². The van der Waals surface area contributed by atoms with Crippen LogP contribution in [-0.4, -0.2) is 0 Å². The monoisotopic (exact) mass is 178 g/mol. The van der Waals surface area contributed by atoms with Crippen LogP contribution in [0.5, 0.6) is 0 Å². The second-order valence-corrected chi connectivity index (χ2v) is 5.46. The third kappa shape index (κ3) is 2.24. The molecular formula is C13H22. The largest absolute Gasteiger partial charge is 0.0955 e. The van der Waals surface area contributed by atoms with Crippen molar-refractivity contribution in [2.75, 3.05) is 0 Å². The summed E-state index contributed by atoms with van der Waals surface area (Å²) in [6, 6.07) is 0. The zero-order valence-electron chi connectivity index (χ0n) is 9.70. The van der Waals surface area contributed by atoms with E-state index in [4.69, 9.17) is 0 Å². The van der Waals surface area contributed by atoms with Crippen molar-refractivity contribution < 1.29 is 0 Å². The molecule has 0 aliphatic heterocycles. The SMILES string of the molecule is C=C1CC(C)(C)CC(C)C1=C(C)C. The highest BCUT2D eigenvalue weighted by molar-refractivity contribution is 5.36. The smallest absolute Gasteiger partial charge is 0.0183 e. The first kappa shape index (κ1) is 10.6. The molecule has 0 saturated heterocycles. The first-order chi connectivity index (χ1) is 5.83. The molecule has 0 amide bonds. The van der Waals surface area contributed by atoms with Gasteiger partial charge in [-0.3, -0.25) is 0 Å². The molecule has 0 radical (unpaired) electrons. The lowest BCUT2D eigenvalue weighted by atomic mass is 9.67. The van der Waals surface area contributed by atoms with Crippen LogP contribution in [0.3, 0.4) is 0 Å². The Balaban J connectivity index is 2.96. The van der Waals surface area contributed by atoms with Crippen molar-refractivity contribution in [2.24, 2.45) is 11.3 Å². The Morgan fingerprint density at radius 3 is 2.31 bits per heavy atom. The fraction of sp³-hybridized carbons (Fsp3) is 0.692. The van der Waals surface area contributed by atoms with Crippen LogP contribution >= 0.6 is 0 Å². The summed E-state index contributed by atoms with van der Waals surface area (Å²) < 4.78 is 0. The van der Waals surface area contributed by atoms with Gasteiger partial charge < -0.3 is 0 Å². The van der Waals surface area contributed by atoms with Crippen molar-refractivity contribution >= 4 is 0 Å². The van der Waals surface area contributed by atoms with Gasteiger partial charge in [0, 0.05) is 0 Å². The molecule has 0 aromatic rings. The Labute approximate surface area is 82.7 Å². The molecule has 0 heteroatoms. The van der Waals surface area contributed by atoms with Crippen molar-refractivity contribution in [3.63, 3.8) is 0 Å². The summed E-state index contributed by atoms with van der Waals surface area (Å²) in [7, 11) is 0. The van der Waals surface area contributed by atoms with Crippen LogP contribution in [0.4, 0.5) is 0 Å². The van der Waals surface area contributed by atoms with Gasteiger partial charge in [-0.2, -0.15) is 0 Å². The Hall–Kier alpha value is -0.520. The van der Waals surface area contributed by atoms with E-state index in [1.807, 2.05) is 0 Å². The molecule has 0 N–H and O–H groups in total. The lowest BCUT2D eigenvalue weighted by molar-refractivity contribution is 0.268. The minimum Gasteiger partial charge on any atom is -0.0955 e. The highest BCUT2D eigenvalue weighted by atomic mass is 14.4. The van der Waals surface area contributed by atoms with E-state index >= 15 is 0 Å². The van der Waals surface area contributed by atoms with Gasteiger partial charge in [0.1, 0.15) is 0 Å². The van der Waals surface area contributed by atoms with E-state index in [1.54, 1.807) is 0 Å². The van der Waals surface area contributed by atoms with Crippen molar-refractivity contribution in [2.45, 2.75) is 47.5 Å². The predicted molar refractivity (Wildman–Crippen MR) is 59.7 cm³/mol. The molecule has 0 heterocycles. The molecule has 0 aromatic heterocycles. The van der Waals surface area contributed by atoms with Crippen molar-refractivity contribution in [3.8, 4) is 0 Å². The standard InChI is InChI=1S/C13H22/c1-9(2)12-10(3)7-13(5,6)8-11(12)4/h11H,3,7-8H2,1-2,4-6H3. The highest BCUT2D eigenvalue weighted by Crippen LogP contribution is 2.44. The van der Waals surface area contributed by atoms with Crippen LogP contribution in [0.1, 0.15) is 47.5 Å². The van der Waals surface area contributed by atoms with Crippen LogP contribution < -0.4 is 0 Å². The predicted octanol–water partition coefficient (Wildman–Crippen LogP) is 4.34. The summed E-state index contributed by atoms with van der Waals surface area (Å²) in [6.45, 7) is 15.6. The molecule has 1 aliphatic rings. The van der Waals surface area contributed by atoms with Gasteiger partial charge in [-0.1, -0.05) is 38.5 Å². The topological polar surface area (TPSA) is 0 Å². The van der Waals surface area contributed by atoms with Gasteiger partial charge in [0.25, 0.3) is 0 Å². The molecule has 0 nitrogen and oxygen atoms in total. The number of hydrogen-bond acceptors (Lipinski definition) is 0. The number of allylic oxidation sites excluding steroid dienone is 3. The molecule has 1 aliphatic carbocycles. The maximum absolute atomic E-state index is 4.21. The Kier molecular flexibility index (Phi) is 2.70. The zero-order chi connectivity index (χ0) is 10.2. The molecule has 74 valence electrons. The summed E-state index contributed by atoms with van der Waals surface area (Å²) in [5.74, 6) is 0.696. The molecule has 0 aromatic carbocycles. The first-order valence-corrected chi connectivity index (χ1v) is 5.19. The maximum atomic E-state index is 4.21. The van der Waals surface area contributed by atoms with Gasteiger partial charge >= 0.3 is 0 Å². The van der Waals surface area contributed by atoms with E-state index in [-0.39, 0.29) is 0 Å². The second kappa shape index (κ2) is 3.32. The van der Waals surface area contributed by atoms with Crippen LogP contribution in [0.15, 0.2) is 23.3 Å². The van der Waals surface area contributed by atoms with E-state index in [2.05, 4.69) is 41.2 Å². The molecule has 0 spiro atoms. The Bertz CT molecular complexity index is 249. The average Bonchev–Trinajstić information content (AvgIpc) is 1.78. The molecule has 1 atom stereocenters. The quantitative estimate of drug-likeness (QED) is 0.518. The Morgan fingerprint density at radius 1 is 1.38 bits per heavy atom. The van der Waals surface area contributed by atoms with E-state index in [0.717, 1.165) is 6.42 Å². The van der Waals surface area contributed by atoms with Gasteiger partial charge in [0.05, 0.1) is 0 Å². The van der Waals surface area contributed by atoms with E-state index in [1.165, 1.54) is 23.1 Å². The molecular weight excluding hydrogens is 156 g/mol. The average molecular weight is 178 g/mol. The summed E-state index contributed by atoms with van der Waals surface area (Å²) in [5.41, 5.74) is 4.80. The maximum Gasteiger partial charge on any atom is -0.0183 e.